The zero-order chi connectivity index (χ0) is 15.1. The number of hydrogen-bond donors (Lipinski definition) is 2. The number of nitrogens with two attached hydrogens (primary N) is 1. The van der Waals surface area contributed by atoms with Crippen LogP contribution >= 0.6 is 12.2 Å². The Hall–Kier alpha value is -1.62. The van der Waals surface area contributed by atoms with E-state index in [2.05, 4.69) is 12.2 Å². The summed E-state index contributed by atoms with van der Waals surface area (Å²) in [4.78, 5) is 12.1. The molecule has 110 valence electrons. The minimum absolute atomic E-state index is 0.00428. The van der Waals surface area contributed by atoms with Crippen molar-refractivity contribution < 1.29 is 9.53 Å². The second kappa shape index (κ2) is 7.85. The Bertz CT molecular complexity index is 489. The molecule has 1 aromatic carbocycles. The number of carbonyl (C=O) groups excluding carboxylic acids is 1. The largest absolute Gasteiger partial charge is 0.483 e. The molecule has 4 nitrogen and oxygen atoms in total. The van der Waals surface area contributed by atoms with Gasteiger partial charge in [0.15, 0.2) is 6.61 Å². The lowest BCUT2D eigenvalue weighted by Crippen LogP contribution is -2.36. The van der Waals surface area contributed by atoms with E-state index in [0.29, 0.717) is 10.7 Å². The van der Waals surface area contributed by atoms with Gasteiger partial charge in [0.1, 0.15) is 10.7 Å². The predicted molar refractivity (Wildman–Crippen MR) is 85.1 cm³/mol. The first-order chi connectivity index (χ1) is 9.43. The fourth-order valence-electron chi connectivity index (χ4n) is 1.87. The molecule has 1 amide bonds. The van der Waals surface area contributed by atoms with Crippen molar-refractivity contribution in [2.24, 2.45) is 5.73 Å². The van der Waals surface area contributed by atoms with E-state index in [-0.39, 0.29) is 18.6 Å². The van der Waals surface area contributed by atoms with E-state index in [1.807, 2.05) is 26.0 Å². The highest BCUT2D eigenvalue weighted by Gasteiger charge is 2.09. The zero-order valence-electron chi connectivity index (χ0n) is 12.2. The quantitative estimate of drug-likeness (QED) is 0.758. The van der Waals surface area contributed by atoms with Gasteiger partial charge in [-0.25, -0.2) is 0 Å². The molecule has 0 aliphatic heterocycles. The van der Waals surface area contributed by atoms with Gasteiger partial charge in [0.05, 0.1) is 0 Å². The monoisotopic (exact) mass is 294 g/mol. The number of benzene rings is 1. The lowest BCUT2D eigenvalue weighted by Gasteiger charge is -2.14. The first-order valence-electron chi connectivity index (χ1n) is 6.76. The van der Waals surface area contributed by atoms with E-state index in [1.165, 1.54) is 0 Å². The number of ether oxygens (including phenoxy) is 1. The minimum atomic E-state index is -0.119. The highest BCUT2D eigenvalue weighted by Crippen LogP contribution is 2.19. The molecule has 1 aromatic rings. The summed E-state index contributed by atoms with van der Waals surface area (Å²) in [7, 11) is 0. The molecule has 0 bridgehead atoms. The second-order valence-electron chi connectivity index (χ2n) is 4.89. The maximum absolute atomic E-state index is 11.7. The third-order valence-electron chi connectivity index (χ3n) is 2.96. The van der Waals surface area contributed by atoms with Crippen LogP contribution in [0.2, 0.25) is 0 Å². The van der Waals surface area contributed by atoms with Crippen molar-refractivity contribution in [1.29, 1.82) is 0 Å². The molecule has 0 radical (unpaired) electrons. The highest BCUT2D eigenvalue weighted by molar-refractivity contribution is 7.80. The smallest absolute Gasteiger partial charge is 0.258 e. The Kier molecular flexibility index (Phi) is 6.45. The number of aryl methyl sites for hydroxylation is 1. The fraction of sp³-hybridized carbons (Fsp3) is 0.467. The van der Waals surface area contributed by atoms with E-state index in [0.717, 1.165) is 24.0 Å². The van der Waals surface area contributed by atoms with Crippen molar-refractivity contribution in [3.8, 4) is 5.75 Å². The Balaban J connectivity index is 2.59. The average molecular weight is 294 g/mol. The molecule has 0 aliphatic rings. The fourth-order valence-corrected chi connectivity index (χ4v) is 2.00. The van der Waals surface area contributed by atoms with Crippen LogP contribution in [0.25, 0.3) is 0 Å². The van der Waals surface area contributed by atoms with E-state index in [1.54, 1.807) is 6.07 Å². The average Bonchev–Trinajstić information content (AvgIpc) is 2.37. The molecule has 0 spiro atoms. The summed E-state index contributed by atoms with van der Waals surface area (Å²) < 4.78 is 5.54. The van der Waals surface area contributed by atoms with Crippen molar-refractivity contribution in [2.75, 3.05) is 6.61 Å². The van der Waals surface area contributed by atoms with E-state index < -0.39 is 0 Å². The number of carbonyl (C=O) groups is 1. The number of amides is 1. The van der Waals surface area contributed by atoms with Gasteiger partial charge in [0, 0.05) is 11.6 Å². The van der Waals surface area contributed by atoms with Gasteiger partial charge in [-0.2, -0.15) is 0 Å². The molecule has 0 aliphatic carbocycles. The summed E-state index contributed by atoms with van der Waals surface area (Å²) in [5.41, 5.74) is 7.26. The minimum Gasteiger partial charge on any atom is -0.483 e. The molecule has 3 N–H and O–H groups in total. The summed E-state index contributed by atoms with van der Waals surface area (Å²) in [6.07, 6.45) is 2.00. The first kappa shape index (κ1) is 16.4. The number of hydrogen-bond acceptors (Lipinski definition) is 3. The third kappa shape index (κ3) is 5.17. The lowest BCUT2D eigenvalue weighted by molar-refractivity contribution is -0.123. The van der Waals surface area contributed by atoms with Crippen molar-refractivity contribution in [1.82, 2.24) is 5.32 Å². The van der Waals surface area contributed by atoms with E-state index in [4.69, 9.17) is 22.7 Å². The van der Waals surface area contributed by atoms with Gasteiger partial charge in [0.2, 0.25) is 0 Å². The zero-order valence-corrected chi connectivity index (χ0v) is 13.0. The predicted octanol–water partition coefficient (Wildman–Crippen LogP) is 2.31. The van der Waals surface area contributed by atoms with Crippen LogP contribution in [0.5, 0.6) is 5.75 Å². The maximum atomic E-state index is 11.7. The molecule has 0 heterocycles. The summed E-state index contributed by atoms with van der Waals surface area (Å²) >= 11 is 4.93. The normalized spacial score (nSPS) is 11.8. The highest BCUT2D eigenvalue weighted by atomic mass is 32.1. The Labute approximate surface area is 125 Å². The number of rotatable bonds is 7. The Morgan fingerprint density at radius 3 is 2.80 bits per heavy atom. The van der Waals surface area contributed by atoms with E-state index in [9.17, 15) is 4.79 Å². The lowest BCUT2D eigenvalue weighted by atomic mass is 10.1. The molecule has 20 heavy (non-hydrogen) atoms. The summed E-state index contributed by atoms with van der Waals surface area (Å²) in [5.74, 6) is 0.514. The van der Waals surface area contributed by atoms with Gasteiger partial charge < -0.3 is 15.8 Å². The van der Waals surface area contributed by atoms with Crippen molar-refractivity contribution in [2.45, 2.75) is 39.7 Å². The molecule has 0 aromatic heterocycles. The standard InChI is InChI=1S/C15H22N2O2S/c1-4-5-11(3)17-14(18)9-19-13-8-12(15(16)20)7-6-10(13)2/h6-8,11H,4-5,9H2,1-3H3,(H2,16,20)(H,17,18). The molecular weight excluding hydrogens is 272 g/mol. The summed E-state index contributed by atoms with van der Waals surface area (Å²) in [5, 5.41) is 2.89. The van der Waals surface area contributed by atoms with Crippen molar-refractivity contribution >= 4 is 23.1 Å². The molecule has 1 atom stereocenters. The summed E-state index contributed by atoms with van der Waals surface area (Å²) in [6, 6.07) is 5.65. The van der Waals surface area contributed by atoms with Crippen LogP contribution in [-0.2, 0) is 4.79 Å². The van der Waals surface area contributed by atoms with Gasteiger partial charge >= 0.3 is 0 Å². The van der Waals surface area contributed by atoms with Gasteiger partial charge in [-0.15, -0.1) is 0 Å². The van der Waals surface area contributed by atoms with Crippen LogP contribution in [0, 0.1) is 6.92 Å². The van der Waals surface area contributed by atoms with Crippen LogP contribution in [-0.4, -0.2) is 23.5 Å². The second-order valence-corrected chi connectivity index (χ2v) is 5.33. The van der Waals surface area contributed by atoms with Crippen LogP contribution in [0.4, 0.5) is 0 Å². The molecule has 0 saturated heterocycles. The summed E-state index contributed by atoms with van der Waals surface area (Å²) in [6.45, 7) is 5.98. The van der Waals surface area contributed by atoms with Crippen LogP contribution < -0.4 is 15.8 Å². The maximum Gasteiger partial charge on any atom is 0.258 e. The molecule has 1 rings (SSSR count). The topological polar surface area (TPSA) is 64.3 Å². The SMILES string of the molecule is CCCC(C)NC(=O)COc1cc(C(N)=S)ccc1C. The molecule has 0 fully saturated rings. The Morgan fingerprint density at radius 2 is 2.20 bits per heavy atom. The van der Waals surface area contributed by atoms with Crippen LogP contribution in [0.3, 0.4) is 0 Å². The molecular formula is C15H22N2O2S. The van der Waals surface area contributed by atoms with Gasteiger partial charge in [-0.05, 0) is 31.9 Å². The number of nitrogens with one attached hydrogen (secondary N) is 1. The molecule has 0 saturated carbocycles. The third-order valence-corrected chi connectivity index (χ3v) is 3.20. The van der Waals surface area contributed by atoms with Gasteiger partial charge in [0.25, 0.3) is 5.91 Å². The molecule has 5 heteroatoms. The van der Waals surface area contributed by atoms with E-state index >= 15 is 0 Å². The van der Waals surface area contributed by atoms with Crippen LogP contribution in [0.15, 0.2) is 18.2 Å². The van der Waals surface area contributed by atoms with Crippen molar-refractivity contribution in [3.05, 3.63) is 29.3 Å². The van der Waals surface area contributed by atoms with Crippen molar-refractivity contribution in [3.63, 3.8) is 0 Å². The van der Waals surface area contributed by atoms with Gasteiger partial charge in [-0.3, -0.25) is 4.79 Å². The van der Waals surface area contributed by atoms with Gasteiger partial charge in [-0.1, -0.05) is 37.7 Å². The Morgan fingerprint density at radius 1 is 1.50 bits per heavy atom. The first-order valence-corrected chi connectivity index (χ1v) is 7.17. The molecule has 1 unspecified atom stereocenters. The number of thiocarbonyl (C=S) groups is 1. The van der Waals surface area contributed by atoms with Crippen LogP contribution in [0.1, 0.15) is 37.8 Å².